The van der Waals surface area contributed by atoms with Crippen molar-refractivity contribution in [3.05, 3.63) is 169 Å². The third-order valence-electron chi connectivity index (χ3n) is 11.1. The molecule has 74 heavy (non-hydrogen) atoms. The second-order valence-corrected chi connectivity index (χ2v) is 15.3. The lowest BCUT2D eigenvalue weighted by atomic mass is 9.90. The maximum absolute atomic E-state index is 15.7. The van der Waals surface area contributed by atoms with Crippen LogP contribution in [0.5, 0.6) is 0 Å². The van der Waals surface area contributed by atoms with Crippen LogP contribution in [0, 0.1) is 169 Å². The Balaban J connectivity index is 1.32. The fourth-order valence-electron chi connectivity index (χ4n) is 7.74. The van der Waals surface area contributed by atoms with E-state index in [1.54, 1.807) is 0 Å². The van der Waals surface area contributed by atoms with Crippen molar-refractivity contribution in [3.8, 4) is 55.6 Å². The van der Waals surface area contributed by atoms with E-state index in [1.165, 1.54) is 0 Å². The van der Waals surface area contributed by atoms with E-state index >= 15 is 87.8 Å². The zero-order valence-corrected chi connectivity index (χ0v) is 34.7. The van der Waals surface area contributed by atoms with Gasteiger partial charge in [-0.2, -0.15) is 0 Å². The first-order valence-electron chi connectivity index (χ1n) is 18.5. The van der Waals surface area contributed by atoms with Gasteiger partial charge in [0.15, 0.2) is 151 Å². The van der Waals surface area contributed by atoms with Crippen LogP contribution in [0.2, 0.25) is 0 Å². The third-order valence-corrected chi connectivity index (χ3v) is 11.6. The van der Waals surface area contributed by atoms with Crippen molar-refractivity contribution in [2.45, 2.75) is 0 Å². The smallest absolute Gasteiger partial charge is 0.198 e. The molecule has 30 heteroatoms. The Morgan fingerprint density at radius 1 is 0.122 bits per heavy atom. The monoisotopic (exact) mass is 1110 g/mol. The van der Waals surface area contributed by atoms with Crippen LogP contribution in [0.1, 0.15) is 0 Å². The SMILES string of the molecule is Fc1c(F)c(-c2c(F)c(F)c(-c3c(F)c(F)c4c(F)c(F)c(F)c(F)c4c3F)c(F)c2F)c(F)c(F)c1-c1c(F)c(F)c(-c2c(F)c(F)c(-c3c(F)c(F)c4c(F)c(F)c(P)c(F)c4c3F)c(F)c2F)c(F)c1F. The zero-order chi connectivity index (χ0) is 55.4. The maximum atomic E-state index is 15.7. The minimum absolute atomic E-state index is 1.10. The fraction of sp³-hybridized carbons (Fsp3) is 0. The Hall–Kier alpha value is -7.32. The van der Waals surface area contributed by atoms with Crippen LogP contribution in [0.4, 0.5) is 127 Å². The molecule has 0 aliphatic rings. The molecule has 1 unspecified atom stereocenters. The normalized spacial score (nSPS) is 11.9. The molecule has 0 amide bonds. The molecule has 0 spiro atoms. The van der Waals surface area contributed by atoms with Crippen LogP contribution in [0.3, 0.4) is 0 Å². The van der Waals surface area contributed by atoms with Gasteiger partial charge in [0.1, 0.15) is 17.5 Å². The van der Waals surface area contributed by atoms with Gasteiger partial charge in [0.2, 0.25) is 0 Å². The second kappa shape index (κ2) is 17.7. The minimum Gasteiger partial charge on any atom is -0.205 e. The van der Waals surface area contributed by atoms with Crippen LogP contribution >= 0.6 is 9.24 Å². The van der Waals surface area contributed by atoms with Gasteiger partial charge in [0, 0.05) is 5.30 Å². The number of benzene rings is 8. The molecule has 0 saturated carbocycles. The summed E-state index contributed by atoms with van der Waals surface area (Å²) < 4.78 is 440. The first kappa shape index (κ1) is 53.0. The Morgan fingerprint density at radius 2 is 0.243 bits per heavy atom. The molecule has 0 saturated heterocycles. The Labute approximate surface area is 387 Å². The minimum atomic E-state index is -3.54. The lowest BCUT2D eigenvalue weighted by molar-refractivity contribution is 0.412. The molecule has 0 bridgehead atoms. The van der Waals surface area contributed by atoms with Gasteiger partial charge in [0.05, 0.1) is 77.2 Å². The van der Waals surface area contributed by atoms with E-state index in [0.29, 0.717) is 0 Å². The predicted octanol–water partition coefficient (Wildman–Crippen LogP) is 15.9. The summed E-state index contributed by atoms with van der Waals surface area (Å²) in [4.78, 5) is 0. The topological polar surface area (TPSA) is 0 Å². The Bertz CT molecular complexity index is 3590. The van der Waals surface area contributed by atoms with Crippen molar-refractivity contribution >= 4 is 36.1 Å². The number of hydrogen-bond donors (Lipinski definition) is 0. The highest BCUT2D eigenvalue weighted by Crippen LogP contribution is 2.49. The van der Waals surface area contributed by atoms with E-state index in [0.717, 1.165) is 9.24 Å². The van der Waals surface area contributed by atoms with Gasteiger partial charge < -0.3 is 0 Å². The largest absolute Gasteiger partial charge is 0.205 e. The van der Waals surface area contributed by atoms with Gasteiger partial charge in [-0.05, 0) is 0 Å². The van der Waals surface area contributed by atoms with Gasteiger partial charge in [0.25, 0.3) is 0 Å². The van der Waals surface area contributed by atoms with Gasteiger partial charge in [-0.25, -0.2) is 127 Å². The summed E-state index contributed by atoms with van der Waals surface area (Å²) in [6.45, 7) is 0. The van der Waals surface area contributed by atoms with Crippen LogP contribution < -0.4 is 5.30 Å². The third kappa shape index (κ3) is 6.78. The van der Waals surface area contributed by atoms with Gasteiger partial charge in [-0.15, -0.1) is 0 Å². The van der Waals surface area contributed by atoms with Gasteiger partial charge in [-0.3, -0.25) is 0 Å². The molecular weight excluding hydrogens is 1110 g/mol. The van der Waals surface area contributed by atoms with Crippen LogP contribution in [0.25, 0.3) is 77.2 Å². The van der Waals surface area contributed by atoms with Crippen LogP contribution in [0.15, 0.2) is 0 Å². The molecule has 8 aromatic carbocycles. The number of rotatable bonds is 5. The molecule has 0 fully saturated rings. The number of fused-ring (bicyclic) bond motifs is 2. The van der Waals surface area contributed by atoms with Gasteiger partial charge >= 0.3 is 0 Å². The quantitative estimate of drug-likeness (QED) is 0.0697. The maximum Gasteiger partial charge on any atom is 0.198 e. The molecule has 0 aromatic heterocycles. The molecular formula is C44H2F29P. The summed E-state index contributed by atoms with van der Waals surface area (Å²) in [6, 6.07) is 0. The number of halogens is 29. The molecule has 8 rings (SSSR count). The summed E-state index contributed by atoms with van der Waals surface area (Å²) >= 11 is 0. The van der Waals surface area contributed by atoms with E-state index in [4.69, 9.17) is 0 Å². The first-order chi connectivity index (χ1) is 34.3. The molecule has 8 aromatic rings. The highest BCUT2D eigenvalue weighted by atomic mass is 31.0. The van der Waals surface area contributed by atoms with Crippen LogP contribution in [-0.2, 0) is 0 Å². The highest BCUT2D eigenvalue weighted by molar-refractivity contribution is 7.27. The van der Waals surface area contributed by atoms with E-state index in [-0.39, 0.29) is 0 Å². The zero-order valence-electron chi connectivity index (χ0n) is 33.5. The molecule has 0 radical (unpaired) electrons. The fourth-order valence-corrected chi connectivity index (χ4v) is 8.01. The van der Waals surface area contributed by atoms with Crippen LogP contribution in [-0.4, -0.2) is 0 Å². The molecule has 0 nitrogen and oxygen atoms in total. The van der Waals surface area contributed by atoms with Crippen molar-refractivity contribution in [2.75, 3.05) is 0 Å². The van der Waals surface area contributed by atoms with Crippen molar-refractivity contribution in [1.29, 1.82) is 0 Å². The summed E-state index contributed by atoms with van der Waals surface area (Å²) in [5.74, 6) is -92.7. The summed E-state index contributed by atoms with van der Waals surface area (Å²) in [5.41, 5.74) is -30.0. The standard InChI is InChI=1S/C44H2F29P/c45-15-1(17(47)23(53)7-3(15)37(67)41(71)42(72)38(7)68)5-19(49)25(55)9(26(56)20(5)50)11-29(59)33(63)13(34(64)30(11)60)14-35(65)31(61)12(32(62)36(14)66)10-27(57)21(51)6(22(52)28(10)58)2-16(46)4-8(24(54)18(2)48)39(69)43(73)44(74)40(4)70/h74H2. The second-order valence-electron chi connectivity index (χ2n) is 14.8. The number of hydrogen-bond acceptors (Lipinski definition) is 0. The van der Waals surface area contributed by atoms with Crippen molar-refractivity contribution in [3.63, 3.8) is 0 Å². The molecule has 0 heterocycles. The van der Waals surface area contributed by atoms with Crippen molar-refractivity contribution in [1.82, 2.24) is 0 Å². The average Bonchev–Trinajstić information content (AvgIpc) is 3.35. The molecule has 0 aliphatic carbocycles. The van der Waals surface area contributed by atoms with Crippen molar-refractivity contribution in [2.24, 2.45) is 0 Å². The van der Waals surface area contributed by atoms with E-state index in [1.807, 2.05) is 0 Å². The summed E-state index contributed by atoms with van der Waals surface area (Å²) in [6.07, 6.45) is 0. The van der Waals surface area contributed by atoms with E-state index in [9.17, 15) is 39.5 Å². The Morgan fingerprint density at radius 3 is 0.446 bits per heavy atom. The lowest BCUT2D eigenvalue weighted by Gasteiger charge is -2.19. The molecule has 386 valence electrons. The highest BCUT2D eigenvalue weighted by Gasteiger charge is 2.43. The molecule has 0 aliphatic heterocycles. The van der Waals surface area contributed by atoms with Gasteiger partial charge in [-0.1, -0.05) is 9.24 Å². The first-order valence-corrected chi connectivity index (χ1v) is 19.1. The Kier molecular flexibility index (Phi) is 12.7. The summed E-state index contributed by atoms with van der Waals surface area (Å²) in [5, 5.41) is -11.0. The lowest BCUT2D eigenvalue weighted by Crippen LogP contribution is -2.14. The molecule has 0 N–H and O–H groups in total. The van der Waals surface area contributed by atoms with Crippen molar-refractivity contribution < 1.29 is 127 Å². The van der Waals surface area contributed by atoms with E-state index in [2.05, 4.69) is 0 Å². The summed E-state index contributed by atoms with van der Waals surface area (Å²) in [7, 11) is 1.10. The van der Waals surface area contributed by atoms with E-state index < -0.39 is 251 Å². The average molecular weight is 1110 g/mol. The predicted molar refractivity (Wildman–Crippen MR) is 197 cm³/mol. The molecule has 1 atom stereocenters.